The topological polar surface area (TPSA) is 66.5 Å². The number of halogens is 2. The number of anilines is 2. The number of amides is 1. The average Bonchev–Trinajstić information content (AvgIpc) is 2.63. The van der Waals surface area contributed by atoms with Crippen molar-refractivity contribution < 1.29 is 18.3 Å². The summed E-state index contributed by atoms with van der Waals surface area (Å²) >= 11 is 0. The molecule has 25 heavy (non-hydrogen) atoms. The van der Waals surface area contributed by atoms with E-state index < -0.39 is 12.5 Å². The normalized spacial score (nSPS) is 14.4. The largest absolute Gasteiger partial charge is 0.434 e. The molecule has 0 atom stereocenters. The minimum absolute atomic E-state index is 0.0239. The lowest BCUT2D eigenvalue weighted by atomic mass is 10.2. The van der Waals surface area contributed by atoms with E-state index in [-0.39, 0.29) is 11.3 Å². The Bertz CT molecular complexity index is 719. The van der Waals surface area contributed by atoms with Gasteiger partial charge in [-0.2, -0.15) is 8.78 Å². The second-order valence-corrected chi connectivity index (χ2v) is 5.47. The number of piperazine rings is 1. The number of pyridine rings is 1. The molecule has 2 aromatic rings. The van der Waals surface area contributed by atoms with E-state index in [9.17, 15) is 13.6 Å². The van der Waals surface area contributed by atoms with Gasteiger partial charge < -0.3 is 20.3 Å². The maximum Gasteiger partial charge on any atom is 0.387 e. The van der Waals surface area contributed by atoms with Gasteiger partial charge in [-0.1, -0.05) is 12.1 Å². The zero-order valence-corrected chi connectivity index (χ0v) is 13.4. The summed E-state index contributed by atoms with van der Waals surface area (Å²) in [6, 6.07) is 9.40. The minimum Gasteiger partial charge on any atom is -0.434 e. The van der Waals surface area contributed by atoms with Gasteiger partial charge in [0.2, 0.25) is 0 Å². The van der Waals surface area contributed by atoms with Gasteiger partial charge >= 0.3 is 6.61 Å². The maximum absolute atomic E-state index is 12.4. The quantitative estimate of drug-likeness (QED) is 0.868. The van der Waals surface area contributed by atoms with Crippen molar-refractivity contribution in [1.82, 2.24) is 10.3 Å². The third-order valence-corrected chi connectivity index (χ3v) is 3.82. The summed E-state index contributed by atoms with van der Waals surface area (Å²) in [5.74, 6) is -0.387. The summed E-state index contributed by atoms with van der Waals surface area (Å²) in [6.07, 6.45) is 1.68. The molecule has 1 saturated heterocycles. The van der Waals surface area contributed by atoms with E-state index in [0.29, 0.717) is 5.82 Å². The molecule has 1 amide bonds. The standard InChI is InChI=1S/C17H18F2N4O2/c18-17(19)25-14-4-2-1-3-13(14)16(24)22-15-6-5-12(11-21-15)23-9-7-20-8-10-23/h1-6,11,17,20H,7-10H2,(H,21,22,24). The van der Waals surface area contributed by atoms with Crippen molar-refractivity contribution in [3.63, 3.8) is 0 Å². The smallest absolute Gasteiger partial charge is 0.387 e. The number of rotatable bonds is 5. The SMILES string of the molecule is O=C(Nc1ccc(N2CCNCC2)cn1)c1ccccc1OC(F)F. The summed E-state index contributed by atoms with van der Waals surface area (Å²) < 4.78 is 29.2. The first-order valence-corrected chi connectivity index (χ1v) is 7.90. The molecule has 0 unspecified atom stereocenters. The molecule has 2 N–H and O–H groups in total. The number of ether oxygens (including phenoxy) is 1. The summed E-state index contributed by atoms with van der Waals surface area (Å²) in [5, 5.41) is 5.87. The van der Waals surface area contributed by atoms with Gasteiger partial charge in [-0.3, -0.25) is 4.79 Å². The molecular formula is C17H18F2N4O2. The van der Waals surface area contributed by atoms with Gasteiger partial charge in [0.15, 0.2) is 0 Å². The van der Waals surface area contributed by atoms with Crippen molar-refractivity contribution in [3.8, 4) is 5.75 Å². The molecule has 132 valence electrons. The number of alkyl halides is 2. The van der Waals surface area contributed by atoms with Crippen LogP contribution in [0.15, 0.2) is 42.6 Å². The van der Waals surface area contributed by atoms with Gasteiger partial charge in [-0.25, -0.2) is 4.98 Å². The van der Waals surface area contributed by atoms with E-state index in [2.05, 4.69) is 25.3 Å². The summed E-state index contributed by atoms with van der Waals surface area (Å²) in [4.78, 5) is 18.7. The molecule has 0 spiro atoms. The summed E-state index contributed by atoms with van der Waals surface area (Å²) in [6.45, 7) is 0.626. The van der Waals surface area contributed by atoms with E-state index in [0.717, 1.165) is 31.9 Å². The highest BCUT2D eigenvalue weighted by Gasteiger charge is 2.16. The lowest BCUT2D eigenvalue weighted by molar-refractivity contribution is -0.0501. The highest BCUT2D eigenvalue weighted by Crippen LogP contribution is 2.22. The van der Waals surface area contributed by atoms with Gasteiger partial charge in [-0.15, -0.1) is 0 Å². The number of benzene rings is 1. The van der Waals surface area contributed by atoms with Gasteiger partial charge in [0.1, 0.15) is 11.6 Å². The molecule has 1 aromatic carbocycles. The predicted molar refractivity (Wildman–Crippen MR) is 90.3 cm³/mol. The number of carbonyl (C=O) groups is 1. The van der Waals surface area contributed by atoms with Gasteiger partial charge in [-0.05, 0) is 24.3 Å². The Morgan fingerprint density at radius 1 is 1.20 bits per heavy atom. The van der Waals surface area contributed by atoms with Crippen LogP contribution in [-0.2, 0) is 0 Å². The van der Waals surface area contributed by atoms with E-state index >= 15 is 0 Å². The van der Waals surface area contributed by atoms with Crippen LogP contribution in [0.5, 0.6) is 5.75 Å². The number of para-hydroxylation sites is 1. The van der Waals surface area contributed by atoms with Gasteiger partial charge in [0.05, 0.1) is 17.4 Å². The summed E-state index contributed by atoms with van der Waals surface area (Å²) in [7, 11) is 0. The molecule has 0 saturated carbocycles. The lowest BCUT2D eigenvalue weighted by Crippen LogP contribution is -2.43. The van der Waals surface area contributed by atoms with Crippen LogP contribution in [0.4, 0.5) is 20.3 Å². The van der Waals surface area contributed by atoms with Crippen LogP contribution in [0.1, 0.15) is 10.4 Å². The van der Waals surface area contributed by atoms with Crippen molar-refractivity contribution in [2.75, 3.05) is 36.4 Å². The van der Waals surface area contributed by atoms with Crippen molar-refractivity contribution in [2.24, 2.45) is 0 Å². The Hall–Kier alpha value is -2.74. The third kappa shape index (κ3) is 4.42. The number of nitrogens with zero attached hydrogens (tertiary/aromatic N) is 2. The molecular weight excluding hydrogens is 330 g/mol. The fourth-order valence-electron chi connectivity index (χ4n) is 2.61. The third-order valence-electron chi connectivity index (χ3n) is 3.82. The van der Waals surface area contributed by atoms with Crippen LogP contribution in [0.25, 0.3) is 0 Å². The highest BCUT2D eigenvalue weighted by atomic mass is 19.3. The zero-order valence-electron chi connectivity index (χ0n) is 13.4. The van der Waals surface area contributed by atoms with Crippen LogP contribution in [0.3, 0.4) is 0 Å². The molecule has 0 bridgehead atoms. The van der Waals surface area contributed by atoms with Crippen molar-refractivity contribution in [2.45, 2.75) is 6.61 Å². The first-order chi connectivity index (χ1) is 12.1. The molecule has 0 radical (unpaired) electrons. The molecule has 3 rings (SSSR count). The number of carbonyl (C=O) groups excluding carboxylic acids is 1. The lowest BCUT2D eigenvalue weighted by Gasteiger charge is -2.29. The van der Waals surface area contributed by atoms with Crippen LogP contribution in [0, 0.1) is 0 Å². The minimum atomic E-state index is -3.00. The fourth-order valence-corrected chi connectivity index (χ4v) is 2.61. The molecule has 0 aliphatic carbocycles. The molecule has 8 heteroatoms. The number of aromatic nitrogens is 1. The Labute approximate surface area is 143 Å². The Morgan fingerprint density at radius 2 is 1.96 bits per heavy atom. The highest BCUT2D eigenvalue weighted by molar-refractivity contribution is 6.05. The first kappa shape index (κ1) is 17.1. The van der Waals surface area contributed by atoms with Gasteiger partial charge in [0, 0.05) is 26.2 Å². The van der Waals surface area contributed by atoms with Crippen LogP contribution >= 0.6 is 0 Å². The Balaban J connectivity index is 1.69. The Kier molecular flexibility index (Phi) is 5.39. The van der Waals surface area contributed by atoms with E-state index in [1.165, 1.54) is 18.2 Å². The number of hydrogen-bond donors (Lipinski definition) is 2. The van der Waals surface area contributed by atoms with Crippen molar-refractivity contribution >= 4 is 17.4 Å². The number of nitrogens with one attached hydrogen (secondary N) is 2. The fraction of sp³-hybridized carbons (Fsp3) is 0.294. The summed E-state index contributed by atoms with van der Waals surface area (Å²) in [5.41, 5.74) is 0.997. The maximum atomic E-state index is 12.4. The first-order valence-electron chi connectivity index (χ1n) is 7.90. The van der Waals surface area contributed by atoms with E-state index in [1.807, 2.05) is 6.07 Å². The molecule has 1 aliphatic heterocycles. The predicted octanol–water partition coefficient (Wildman–Crippen LogP) is 2.34. The van der Waals surface area contributed by atoms with E-state index in [1.54, 1.807) is 18.3 Å². The molecule has 1 aromatic heterocycles. The van der Waals surface area contributed by atoms with Crippen molar-refractivity contribution in [3.05, 3.63) is 48.2 Å². The van der Waals surface area contributed by atoms with Crippen molar-refractivity contribution in [1.29, 1.82) is 0 Å². The van der Waals surface area contributed by atoms with Crippen LogP contribution in [-0.4, -0.2) is 43.7 Å². The second kappa shape index (κ2) is 7.89. The molecule has 1 aliphatic rings. The Morgan fingerprint density at radius 3 is 2.64 bits per heavy atom. The average molecular weight is 348 g/mol. The number of hydrogen-bond acceptors (Lipinski definition) is 5. The molecule has 6 nitrogen and oxygen atoms in total. The zero-order chi connectivity index (χ0) is 17.6. The second-order valence-electron chi connectivity index (χ2n) is 5.47. The van der Waals surface area contributed by atoms with E-state index in [4.69, 9.17) is 0 Å². The molecule has 1 fully saturated rings. The van der Waals surface area contributed by atoms with Crippen LogP contribution in [0.2, 0.25) is 0 Å². The van der Waals surface area contributed by atoms with Crippen LogP contribution < -0.4 is 20.3 Å². The van der Waals surface area contributed by atoms with Gasteiger partial charge in [0.25, 0.3) is 5.91 Å². The monoisotopic (exact) mass is 348 g/mol. The molecule has 2 heterocycles.